The third-order valence-corrected chi connectivity index (χ3v) is 2.62. The molecule has 0 unspecified atom stereocenters. The quantitative estimate of drug-likeness (QED) is 0.803. The van der Waals surface area contributed by atoms with E-state index in [1.54, 1.807) is 0 Å². The first-order valence-electron chi connectivity index (χ1n) is 5.63. The maximum Gasteiger partial charge on any atom is 0.129 e. The van der Waals surface area contributed by atoms with Gasteiger partial charge >= 0.3 is 0 Å². The first kappa shape index (κ1) is 12.3. The molecule has 0 bridgehead atoms. The second-order valence-electron chi connectivity index (χ2n) is 3.91. The standard InChI is InChI=1S/C12H15F2NO2/c13-10-7-11(14)9-12(8-10)17-6-3-15-1-4-16-5-2-15/h7-9H,1-6H2. The van der Waals surface area contributed by atoms with Crippen molar-refractivity contribution in [1.29, 1.82) is 0 Å². The van der Waals surface area contributed by atoms with E-state index in [2.05, 4.69) is 4.90 Å². The van der Waals surface area contributed by atoms with Crippen LogP contribution in [0.3, 0.4) is 0 Å². The van der Waals surface area contributed by atoms with Crippen LogP contribution in [0.15, 0.2) is 18.2 Å². The number of halogens is 2. The predicted molar refractivity (Wildman–Crippen MR) is 59.1 cm³/mol. The lowest BCUT2D eigenvalue weighted by Gasteiger charge is -2.26. The highest BCUT2D eigenvalue weighted by Crippen LogP contribution is 2.15. The van der Waals surface area contributed by atoms with Gasteiger partial charge in [0.25, 0.3) is 0 Å². The maximum atomic E-state index is 12.9. The van der Waals surface area contributed by atoms with Gasteiger partial charge in [0.15, 0.2) is 0 Å². The SMILES string of the molecule is Fc1cc(F)cc(OCCN2CCOCC2)c1. The molecule has 1 aromatic carbocycles. The Labute approximate surface area is 98.9 Å². The lowest BCUT2D eigenvalue weighted by atomic mass is 10.3. The molecule has 0 aliphatic carbocycles. The molecule has 0 saturated carbocycles. The summed E-state index contributed by atoms with van der Waals surface area (Å²) in [5, 5.41) is 0. The van der Waals surface area contributed by atoms with Gasteiger partial charge in [-0.05, 0) is 0 Å². The highest BCUT2D eigenvalue weighted by Gasteiger charge is 2.10. The van der Waals surface area contributed by atoms with Crippen molar-refractivity contribution in [2.24, 2.45) is 0 Å². The van der Waals surface area contributed by atoms with E-state index >= 15 is 0 Å². The van der Waals surface area contributed by atoms with Crippen molar-refractivity contribution >= 4 is 0 Å². The Bertz CT molecular complexity index is 347. The van der Waals surface area contributed by atoms with Crippen molar-refractivity contribution in [3.63, 3.8) is 0 Å². The molecule has 3 nitrogen and oxygen atoms in total. The molecule has 0 amide bonds. The van der Waals surface area contributed by atoms with Crippen LogP contribution in [-0.2, 0) is 4.74 Å². The molecular weight excluding hydrogens is 228 g/mol. The summed E-state index contributed by atoms with van der Waals surface area (Å²) in [4.78, 5) is 2.19. The molecule has 1 aromatic rings. The van der Waals surface area contributed by atoms with Crippen molar-refractivity contribution in [2.75, 3.05) is 39.5 Å². The molecule has 0 N–H and O–H groups in total. The molecule has 1 aliphatic heterocycles. The smallest absolute Gasteiger partial charge is 0.129 e. The fourth-order valence-electron chi connectivity index (χ4n) is 1.73. The first-order chi connectivity index (χ1) is 8.24. The number of hydrogen-bond acceptors (Lipinski definition) is 3. The molecule has 1 heterocycles. The summed E-state index contributed by atoms with van der Waals surface area (Å²) in [6.45, 7) is 4.37. The summed E-state index contributed by atoms with van der Waals surface area (Å²) in [6.07, 6.45) is 0. The number of nitrogens with zero attached hydrogens (tertiary/aromatic N) is 1. The van der Waals surface area contributed by atoms with Gasteiger partial charge in [-0.15, -0.1) is 0 Å². The predicted octanol–water partition coefficient (Wildman–Crippen LogP) is 1.68. The normalized spacial score (nSPS) is 17.1. The molecule has 2 rings (SSSR count). The zero-order valence-electron chi connectivity index (χ0n) is 9.49. The van der Waals surface area contributed by atoms with Crippen LogP contribution >= 0.6 is 0 Å². The Morgan fingerprint density at radius 1 is 1.12 bits per heavy atom. The van der Waals surface area contributed by atoms with E-state index in [1.165, 1.54) is 12.1 Å². The van der Waals surface area contributed by atoms with Gasteiger partial charge in [-0.1, -0.05) is 0 Å². The Morgan fingerprint density at radius 3 is 2.41 bits per heavy atom. The van der Waals surface area contributed by atoms with E-state index in [0.717, 1.165) is 38.9 Å². The van der Waals surface area contributed by atoms with Crippen molar-refractivity contribution in [3.05, 3.63) is 29.8 Å². The third kappa shape index (κ3) is 3.94. The number of benzene rings is 1. The Morgan fingerprint density at radius 2 is 1.76 bits per heavy atom. The molecule has 1 aliphatic rings. The minimum atomic E-state index is -0.619. The van der Waals surface area contributed by atoms with Crippen molar-refractivity contribution < 1.29 is 18.3 Å². The highest BCUT2D eigenvalue weighted by atomic mass is 19.1. The van der Waals surface area contributed by atoms with Crippen LogP contribution in [0.2, 0.25) is 0 Å². The monoisotopic (exact) mass is 243 g/mol. The maximum absolute atomic E-state index is 12.9. The summed E-state index contributed by atoms with van der Waals surface area (Å²) in [5.41, 5.74) is 0. The Kier molecular flexibility index (Phi) is 4.28. The molecule has 0 aromatic heterocycles. The zero-order chi connectivity index (χ0) is 12.1. The van der Waals surface area contributed by atoms with Gasteiger partial charge in [-0.2, -0.15) is 0 Å². The molecule has 0 radical (unpaired) electrons. The minimum absolute atomic E-state index is 0.232. The van der Waals surface area contributed by atoms with E-state index in [9.17, 15) is 8.78 Å². The number of hydrogen-bond donors (Lipinski definition) is 0. The number of ether oxygens (including phenoxy) is 2. The molecular formula is C12H15F2NO2. The van der Waals surface area contributed by atoms with Crippen molar-refractivity contribution in [3.8, 4) is 5.75 Å². The lowest BCUT2D eigenvalue weighted by molar-refractivity contribution is 0.0322. The number of rotatable bonds is 4. The second-order valence-corrected chi connectivity index (χ2v) is 3.91. The average Bonchev–Trinajstić information content (AvgIpc) is 2.29. The van der Waals surface area contributed by atoms with Gasteiger partial charge in [-0.25, -0.2) is 8.78 Å². The second kappa shape index (κ2) is 5.93. The molecule has 17 heavy (non-hydrogen) atoms. The minimum Gasteiger partial charge on any atom is -0.492 e. The van der Waals surface area contributed by atoms with E-state index in [-0.39, 0.29) is 5.75 Å². The lowest BCUT2D eigenvalue weighted by Crippen LogP contribution is -2.38. The van der Waals surface area contributed by atoms with E-state index in [0.29, 0.717) is 6.61 Å². The van der Waals surface area contributed by atoms with Crippen LogP contribution < -0.4 is 4.74 Å². The van der Waals surface area contributed by atoms with Crippen molar-refractivity contribution in [2.45, 2.75) is 0 Å². The van der Waals surface area contributed by atoms with Crippen LogP contribution in [0.1, 0.15) is 0 Å². The highest BCUT2D eigenvalue weighted by molar-refractivity contribution is 5.23. The Hall–Kier alpha value is -1.20. The number of morpholine rings is 1. The van der Waals surface area contributed by atoms with Crippen LogP contribution in [0, 0.1) is 11.6 Å². The van der Waals surface area contributed by atoms with Gasteiger partial charge in [0.05, 0.1) is 13.2 Å². The zero-order valence-corrected chi connectivity index (χ0v) is 9.49. The average molecular weight is 243 g/mol. The molecule has 1 fully saturated rings. The van der Waals surface area contributed by atoms with Gasteiger partial charge in [0.1, 0.15) is 24.0 Å². The third-order valence-electron chi connectivity index (χ3n) is 2.62. The van der Waals surface area contributed by atoms with Crippen molar-refractivity contribution in [1.82, 2.24) is 4.90 Å². The fraction of sp³-hybridized carbons (Fsp3) is 0.500. The Balaban J connectivity index is 1.77. The van der Waals surface area contributed by atoms with E-state index in [4.69, 9.17) is 9.47 Å². The van der Waals surface area contributed by atoms with Crippen LogP contribution in [0.25, 0.3) is 0 Å². The van der Waals surface area contributed by atoms with E-state index in [1.807, 2.05) is 0 Å². The fourth-order valence-corrected chi connectivity index (χ4v) is 1.73. The molecule has 0 spiro atoms. The van der Waals surface area contributed by atoms with Gasteiger partial charge in [-0.3, -0.25) is 4.90 Å². The summed E-state index contributed by atoms with van der Waals surface area (Å²) in [5.74, 6) is -1.01. The van der Waals surface area contributed by atoms with Crippen LogP contribution in [-0.4, -0.2) is 44.4 Å². The molecule has 0 atom stereocenters. The summed E-state index contributed by atoms with van der Waals surface area (Å²) >= 11 is 0. The largest absolute Gasteiger partial charge is 0.492 e. The van der Waals surface area contributed by atoms with Crippen LogP contribution in [0.5, 0.6) is 5.75 Å². The summed E-state index contributed by atoms with van der Waals surface area (Å²) < 4.78 is 36.2. The van der Waals surface area contributed by atoms with Crippen LogP contribution in [0.4, 0.5) is 8.78 Å². The van der Waals surface area contributed by atoms with Gasteiger partial charge in [0.2, 0.25) is 0 Å². The summed E-state index contributed by atoms with van der Waals surface area (Å²) in [6, 6.07) is 3.19. The molecule has 94 valence electrons. The summed E-state index contributed by atoms with van der Waals surface area (Å²) in [7, 11) is 0. The van der Waals surface area contributed by atoms with Gasteiger partial charge in [0, 0.05) is 37.8 Å². The molecule has 5 heteroatoms. The van der Waals surface area contributed by atoms with Gasteiger partial charge < -0.3 is 9.47 Å². The first-order valence-corrected chi connectivity index (χ1v) is 5.63. The molecule has 1 saturated heterocycles. The topological polar surface area (TPSA) is 21.7 Å². The van der Waals surface area contributed by atoms with E-state index < -0.39 is 11.6 Å².